The third-order valence-corrected chi connectivity index (χ3v) is 4.18. The van der Waals surface area contributed by atoms with Gasteiger partial charge in [-0.05, 0) is 19.8 Å². The largest absolute Gasteiger partial charge is 0.466 e. The number of rotatable bonds is 4. The van der Waals surface area contributed by atoms with Crippen LogP contribution in [0.5, 0.6) is 0 Å². The molecule has 1 aliphatic heterocycles. The molecule has 0 aromatic heterocycles. The number of nitrogens with zero attached hydrogens (tertiary/aromatic N) is 1. The third kappa shape index (κ3) is 4.35. The Morgan fingerprint density at radius 2 is 2.11 bits per heavy atom. The fraction of sp³-hybridized carbons (Fsp3) is 0.800. The van der Waals surface area contributed by atoms with Crippen molar-refractivity contribution in [3.8, 4) is 0 Å². The zero-order valence-electron chi connectivity index (χ0n) is 10.9. The van der Waals surface area contributed by atoms with Crippen LogP contribution in [0.1, 0.15) is 19.8 Å². The van der Waals surface area contributed by atoms with Crippen LogP contribution in [0.3, 0.4) is 0 Å². The number of amides is 1. The second-order valence-electron chi connectivity index (χ2n) is 4.05. The van der Waals surface area contributed by atoms with Crippen molar-refractivity contribution in [3.63, 3.8) is 0 Å². The van der Waals surface area contributed by atoms with Gasteiger partial charge < -0.3 is 9.47 Å². The number of carbonyl (C=O) groups is 2. The van der Waals surface area contributed by atoms with E-state index in [0.717, 1.165) is 11.4 Å². The van der Waals surface area contributed by atoms with Crippen LogP contribution in [0.2, 0.25) is 0 Å². The van der Waals surface area contributed by atoms with Crippen LogP contribution >= 0.6 is 0 Å². The van der Waals surface area contributed by atoms with E-state index in [1.165, 1.54) is 0 Å². The van der Waals surface area contributed by atoms with E-state index >= 15 is 0 Å². The number of piperidine rings is 1. The molecular formula is C10H18N2O6S. The van der Waals surface area contributed by atoms with Gasteiger partial charge in [-0.2, -0.15) is 12.7 Å². The van der Waals surface area contributed by atoms with Crippen LogP contribution in [0, 0.1) is 5.92 Å². The van der Waals surface area contributed by atoms with Gasteiger partial charge in [0.15, 0.2) is 0 Å². The van der Waals surface area contributed by atoms with Gasteiger partial charge >= 0.3 is 22.3 Å². The summed E-state index contributed by atoms with van der Waals surface area (Å²) in [6.07, 6.45) is 0.0486. The molecule has 0 bridgehead atoms. The van der Waals surface area contributed by atoms with Gasteiger partial charge in [-0.15, -0.1) is 0 Å². The Hall–Kier alpha value is -1.35. The van der Waals surface area contributed by atoms with Crippen LogP contribution in [0.25, 0.3) is 0 Å². The van der Waals surface area contributed by atoms with Crippen molar-refractivity contribution in [1.29, 1.82) is 0 Å². The number of nitrogens with one attached hydrogen (secondary N) is 1. The van der Waals surface area contributed by atoms with Gasteiger partial charge in [0, 0.05) is 13.1 Å². The van der Waals surface area contributed by atoms with Gasteiger partial charge in [0.25, 0.3) is 0 Å². The van der Waals surface area contributed by atoms with E-state index in [2.05, 4.69) is 4.74 Å². The molecule has 0 aliphatic carbocycles. The maximum absolute atomic E-state index is 11.8. The Balaban J connectivity index is 2.68. The van der Waals surface area contributed by atoms with Crippen molar-refractivity contribution in [2.45, 2.75) is 19.8 Å². The number of carbonyl (C=O) groups excluding carboxylic acids is 2. The predicted molar refractivity (Wildman–Crippen MR) is 65.4 cm³/mol. The maximum atomic E-state index is 11.8. The topological polar surface area (TPSA) is 102 Å². The summed E-state index contributed by atoms with van der Waals surface area (Å²) < 4.78 is 35.6. The van der Waals surface area contributed by atoms with Gasteiger partial charge in [-0.1, -0.05) is 0 Å². The van der Waals surface area contributed by atoms with E-state index in [4.69, 9.17) is 4.74 Å². The Bertz CT molecular complexity index is 435. The fourth-order valence-corrected chi connectivity index (χ4v) is 2.99. The summed E-state index contributed by atoms with van der Waals surface area (Å²) in [5.74, 6) is -0.914. The number of hydrogen-bond acceptors (Lipinski definition) is 6. The molecule has 110 valence electrons. The quantitative estimate of drug-likeness (QED) is 0.724. The summed E-state index contributed by atoms with van der Waals surface area (Å²) in [6.45, 7) is 2.20. The van der Waals surface area contributed by atoms with Gasteiger partial charge in [-0.25, -0.2) is 9.52 Å². The van der Waals surface area contributed by atoms with E-state index in [1.54, 1.807) is 11.6 Å². The van der Waals surface area contributed by atoms with E-state index < -0.39 is 28.2 Å². The van der Waals surface area contributed by atoms with Gasteiger partial charge in [-0.3, -0.25) is 4.79 Å². The van der Waals surface area contributed by atoms with Crippen molar-refractivity contribution in [3.05, 3.63) is 0 Å². The molecule has 1 saturated heterocycles. The molecule has 0 aromatic rings. The van der Waals surface area contributed by atoms with Crippen LogP contribution < -0.4 is 4.72 Å². The Morgan fingerprint density at radius 1 is 1.42 bits per heavy atom. The second kappa shape index (κ2) is 6.71. The van der Waals surface area contributed by atoms with E-state index in [9.17, 15) is 18.0 Å². The summed E-state index contributed by atoms with van der Waals surface area (Å²) in [6, 6.07) is 0. The highest BCUT2D eigenvalue weighted by atomic mass is 32.2. The predicted octanol–water partition coefficient (Wildman–Crippen LogP) is -0.138. The summed E-state index contributed by atoms with van der Waals surface area (Å²) >= 11 is 0. The third-order valence-electron chi connectivity index (χ3n) is 2.74. The lowest BCUT2D eigenvalue weighted by atomic mass is 10.0. The first kappa shape index (κ1) is 15.7. The average Bonchev–Trinajstić information content (AvgIpc) is 2.38. The summed E-state index contributed by atoms with van der Waals surface area (Å²) in [5.41, 5.74) is 0. The Labute approximate surface area is 112 Å². The molecule has 1 N–H and O–H groups in total. The summed E-state index contributed by atoms with van der Waals surface area (Å²) in [7, 11) is -2.90. The summed E-state index contributed by atoms with van der Waals surface area (Å²) in [4.78, 5) is 22.6. The molecule has 0 spiro atoms. The SMILES string of the molecule is CCOC(=O)[C@H]1CCCN(S(=O)(=O)NC(=O)OC)C1. The van der Waals surface area contributed by atoms with Crippen molar-refractivity contribution in [2.75, 3.05) is 26.8 Å². The molecule has 1 atom stereocenters. The number of ether oxygens (including phenoxy) is 2. The van der Waals surface area contributed by atoms with Gasteiger partial charge in [0.1, 0.15) is 0 Å². The Kier molecular flexibility index (Phi) is 5.55. The standard InChI is InChI=1S/C10H18N2O6S/c1-3-18-9(13)8-5-4-6-12(7-8)19(15,16)11-10(14)17-2/h8H,3-7H2,1-2H3,(H,11,14)/t8-/m0/s1. The van der Waals surface area contributed by atoms with E-state index in [0.29, 0.717) is 12.8 Å². The molecular weight excluding hydrogens is 276 g/mol. The molecule has 1 fully saturated rings. The first-order valence-electron chi connectivity index (χ1n) is 5.93. The number of esters is 1. The highest BCUT2D eigenvalue weighted by Crippen LogP contribution is 2.19. The molecule has 1 aliphatic rings. The minimum absolute atomic E-state index is 0.00512. The molecule has 0 radical (unpaired) electrons. The van der Waals surface area contributed by atoms with Gasteiger partial charge in [0.2, 0.25) is 0 Å². The molecule has 1 rings (SSSR count). The van der Waals surface area contributed by atoms with E-state index in [1.807, 2.05) is 0 Å². The highest BCUT2D eigenvalue weighted by Gasteiger charge is 2.34. The van der Waals surface area contributed by atoms with Crippen molar-refractivity contribution >= 4 is 22.3 Å². The van der Waals surface area contributed by atoms with Crippen molar-refractivity contribution in [1.82, 2.24) is 9.03 Å². The first-order chi connectivity index (χ1) is 8.90. The average molecular weight is 294 g/mol. The molecule has 0 aromatic carbocycles. The lowest BCUT2D eigenvalue weighted by Gasteiger charge is -2.30. The zero-order valence-corrected chi connectivity index (χ0v) is 11.7. The summed E-state index contributed by atoms with van der Waals surface area (Å²) in [5, 5.41) is 0. The molecule has 19 heavy (non-hydrogen) atoms. The number of hydrogen-bond donors (Lipinski definition) is 1. The maximum Gasteiger partial charge on any atom is 0.421 e. The normalized spacial score (nSPS) is 20.6. The molecule has 9 heteroatoms. The van der Waals surface area contributed by atoms with E-state index in [-0.39, 0.29) is 19.7 Å². The molecule has 8 nitrogen and oxygen atoms in total. The lowest BCUT2D eigenvalue weighted by molar-refractivity contribution is -0.149. The molecule has 1 amide bonds. The second-order valence-corrected chi connectivity index (χ2v) is 5.72. The molecule has 0 saturated carbocycles. The Morgan fingerprint density at radius 3 is 2.68 bits per heavy atom. The minimum atomic E-state index is -3.98. The van der Waals surface area contributed by atoms with Gasteiger partial charge in [0.05, 0.1) is 19.6 Å². The van der Waals surface area contributed by atoms with Crippen LogP contribution in [-0.2, 0) is 24.5 Å². The smallest absolute Gasteiger partial charge is 0.421 e. The minimum Gasteiger partial charge on any atom is -0.466 e. The zero-order chi connectivity index (χ0) is 14.5. The molecule has 0 unspecified atom stereocenters. The highest BCUT2D eigenvalue weighted by molar-refractivity contribution is 7.87. The fourth-order valence-electron chi connectivity index (χ4n) is 1.82. The van der Waals surface area contributed by atoms with Crippen LogP contribution in [0.15, 0.2) is 0 Å². The number of methoxy groups -OCH3 is 1. The van der Waals surface area contributed by atoms with Crippen LogP contribution in [0.4, 0.5) is 4.79 Å². The van der Waals surface area contributed by atoms with Crippen molar-refractivity contribution < 1.29 is 27.5 Å². The van der Waals surface area contributed by atoms with Crippen molar-refractivity contribution in [2.24, 2.45) is 5.92 Å². The molecule has 1 heterocycles. The first-order valence-corrected chi connectivity index (χ1v) is 7.37. The monoisotopic (exact) mass is 294 g/mol. The van der Waals surface area contributed by atoms with Crippen LogP contribution in [-0.4, -0.2) is 51.6 Å². The lowest BCUT2D eigenvalue weighted by Crippen LogP contribution is -2.49.